The third-order valence-electron chi connectivity index (χ3n) is 2.58. The molecule has 0 amide bonds. The fourth-order valence-corrected chi connectivity index (χ4v) is 2.51. The van der Waals surface area contributed by atoms with Crippen LogP contribution in [-0.4, -0.2) is 30.8 Å². The number of rotatable bonds is 4. The Labute approximate surface area is 125 Å². The average Bonchev–Trinajstić information content (AvgIpc) is 2.40. The van der Waals surface area contributed by atoms with Crippen molar-refractivity contribution in [3.8, 4) is 0 Å². The lowest BCUT2D eigenvalue weighted by Crippen LogP contribution is -2.28. The van der Waals surface area contributed by atoms with Crippen molar-refractivity contribution >= 4 is 20.9 Å². The van der Waals surface area contributed by atoms with Crippen LogP contribution in [0.1, 0.15) is 32.8 Å². The lowest BCUT2D eigenvalue weighted by molar-refractivity contribution is -0.139. The molecule has 6 nitrogen and oxygen atoms in total. The van der Waals surface area contributed by atoms with Gasteiger partial charge in [0.15, 0.2) is 0 Å². The minimum atomic E-state index is -4.18. The van der Waals surface area contributed by atoms with Crippen molar-refractivity contribution in [3.63, 3.8) is 0 Å². The van der Waals surface area contributed by atoms with Crippen molar-refractivity contribution in [1.82, 2.24) is 0 Å². The fraction of sp³-hybridized carbons (Fsp3) is 0.429. The number of esters is 1. The van der Waals surface area contributed by atoms with Gasteiger partial charge < -0.3 is 10.3 Å². The topological polar surface area (TPSA) is 96.8 Å². The van der Waals surface area contributed by atoms with E-state index in [1.807, 2.05) is 6.92 Å². The number of hydrogen-bond donors (Lipinski definition) is 0. The maximum absolute atomic E-state index is 12.2. The predicted octanol–water partition coefficient (Wildman–Crippen LogP) is 2.38. The zero-order chi connectivity index (χ0) is 15.2. The van der Waals surface area contributed by atoms with Crippen LogP contribution in [0.15, 0.2) is 29.2 Å². The van der Waals surface area contributed by atoms with Crippen LogP contribution in [0.2, 0.25) is 0 Å². The zero-order valence-corrected chi connectivity index (χ0v) is 12.2. The Morgan fingerprint density at radius 1 is 1.29 bits per heavy atom. The third kappa shape index (κ3) is 4.81. The summed E-state index contributed by atoms with van der Waals surface area (Å²) in [5, 5.41) is -1.00. The molecule has 21 heavy (non-hydrogen) atoms. The molecule has 0 spiro atoms. The van der Waals surface area contributed by atoms with Crippen LogP contribution >= 0.6 is 0 Å². The molecule has 0 N–H and O–H groups in total. The second kappa shape index (κ2) is 8.34. The van der Waals surface area contributed by atoms with Crippen LogP contribution in [0.5, 0.6) is 0 Å². The highest BCUT2D eigenvalue weighted by molar-refractivity contribution is 8.08. The lowest BCUT2D eigenvalue weighted by atomic mass is 10.2. The van der Waals surface area contributed by atoms with Crippen LogP contribution in [0.3, 0.4) is 0 Å². The standard InChI is InChI=1S/C13H16N2O4S.CH4/c1-3-4-9-19-13(16)12(15-14)20(17,18)11-7-5-10(2)6-8-11;/h5-8H,3-4,9H2,1-2H3;1H4. The fourth-order valence-electron chi connectivity index (χ4n) is 1.40. The molecule has 0 aliphatic heterocycles. The smallest absolute Gasteiger partial charge is 0.456 e. The molecule has 0 atom stereocenters. The Bertz CT molecular complexity index is 629. The molecule has 0 saturated heterocycles. The average molecular weight is 312 g/mol. The second-order valence-corrected chi connectivity index (χ2v) is 6.08. The van der Waals surface area contributed by atoms with E-state index in [9.17, 15) is 13.2 Å². The van der Waals surface area contributed by atoms with Gasteiger partial charge in [0.2, 0.25) is 0 Å². The van der Waals surface area contributed by atoms with E-state index >= 15 is 0 Å². The highest BCUT2D eigenvalue weighted by Gasteiger charge is 2.39. The van der Waals surface area contributed by atoms with Gasteiger partial charge in [-0.1, -0.05) is 38.5 Å². The molecule has 1 aromatic rings. The molecule has 0 aliphatic rings. The van der Waals surface area contributed by atoms with E-state index in [4.69, 9.17) is 10.3 Å². The number of hydrogen-bond acceptors (Lipinski definition) is 4. The molecule has 116 valence electrons. The number of sulfone groups is 1. The van der Waals surface area contributed by atoms with Gasteiger partial charge >= 0.3 is 11.0 Å². The van der Waals surface area contributed by atoms with Gasteiger partial charge in [0, 0.05) is 0 Å². The quantitative estimate of drug-likeness (QED) is 0.213. The van der Waals surface area contributed by atoms with Gasteiger partial charge in [-0.25, -0.2) is 13.2 Å². The zero-order valence-electron chi connectivity index (χ0n) is 11.4. The molecule has 0 fully saturated rings. The van der Waals surface area contributed by atoms with E-state index in [0.717, 1.165) is 12.0 Å². The maximum Gasteiger partial charge on any atom is 0.493 e. The Morgan fingerprint density at radius 2 is 1.86 bits per heavy atom. The van der Waals surface area contributed by atoms with Crippen LogP contribution in [0, 0.1) is 6.92 Å². The predicted molar refractivity (Wildman–Crippen MR) is 79.6 cm³/mol. The summed E-state index contributed by atoms with van der Waals surface area (Å²) in [6.07, 6.45) is 1.40. The first-order valence-corrected chi connectivity index (χ1v) is 7.62. The first-order valence-electron chi connectivity index (χ1n) is 6.14. The van der Waals surface area contributed by atoms with Crippen LogP contribution in [0.4, 0.5) is 0 Å². The molecular formula is C14H20N2O4S. The van der Waals surface area contributed by atoms with Gasteiger partial charge in [-0.2, -0.15) is 0 Å². The second-order valence-electron chi connectivity index (χ2n) is 4.21. The van der Waals surface area contributed by atoms with E-state index in [-0.39, 0.29) is 18.9 Å². The molecule has 0 saturated carbocycles. The number of ether oxygens (including phenoxy) is 1. The monoisotopic (exact) mass is 312 g/mol. The van der Waals surface area contributed by atoms with Crippen molar-refractivity contribution in [1.29, 1.82) is 0 Å². The van der Waals surface area contributed by atoms with E-state index < -0.39 is 20.9 Å². The van der Waals surface area contributed by atoms with E-state index in [0.29, 0.717) is 6.42 Å². The number of carbonyl (C=O) groups is 1. The lowest BCUT2D eigenvalue weighted by Gasteiger charge is -2.02. The summed E-state index contributed by atoms with van der Waals surface area (Å²) in [7, 11) is -4.18. The summed E-state index contributed by atoms with van der Waals surface area (Å²) in [6.45, 7) is 3.78. The molecule has 0 radical (unpaired) electrons. The molecule has 7 heteroatoms. The number of unbranched alkanes of at least 4 members (excludes halogenated alkanes) is 1. The molecule has 1 aromatic carbocycles. The Morgan fingerprint density at radius 3 is 2.33 bits per heavy atom. The molecule has 0 bridgehead atoms. The molecule has 1 rings (SSSR count). The molecule has 0 heterocycles. The number of nitrogens with zero attached hydrogens (tertiary/aromatic N) is 2. The van der Waals surface area contributed by atoms with Gasteiger partial charge in [0.25, 0.3) is 9.84 Å². The number of carbonyl (C=O) groups excluding carboxylic acids is 1. The first kappa shape index (κ1) is 19.0. The van der Waals surface area contributed by atoms with Crippen LogP contribution < -0.4 is 0 Å². The van der Waals surface area contributed by atoms with Crippen molar-refractivity contribution in [2.45, 2.75) is 39.0 Å². The Kier molecular flexibility index (Phi) is 7.55. The summed E-state index contributed by atoms with van der Waals surface area (Å²) in [5.41, 5.74) is 9.68. The van der Waals surface area contributed by atoms with Crippen molar-refractivity contribution in [2.75, 3.05) is 6.61 Å². The highest BCUT2D eigenvalue weighted by Crippen LogP contribution is 2.13. The summed E-state index contributed by atoms with van der Waals surface area (Å²) < 4.78 is 29.1. The van der Waals surface area contributed by atoms with Gasteiger partial charge in [-0.05, 0) is 25.5 Å². The van der Waals surface area contributed by atoms with Gasteiger partial charge in [-0.15, -0.1) is 4.79 Å². The van der Waals surface area contributed by atoms with Gasteiger partial charge in [0.1, 0.15) is 0 Å². The normalized spacial score (nSPS) is 10.2. The van der Waals surface area contributed by atoms with Crippen molar-refractivity contribution in [2.24, 2.45) is 0 Å². The molecule has 0 unspecified atom stereocenters. The van der Waals surface area contributed by atoms with Crippen molar-refractivity contribution in [3.05, 3.63) is 35.4 Å². The van der Waals surface area contributed by atoms with Crippen LogP contribution in [0.25, 0.3) is 5.53 Å². The summed E-state index contributed by atoms with van der Waals surface area (Å²) in [5.74, 6) is -1.15. The first-order chi connectivity index (χ1) is 9.43. The Hall–Kier alpha value is -1.98. The van der Waals surface area contributed by atoms with Gasteiger partial charge in [-0.3, -0.25) is 0 Å². The maximum atomic E-state index is 12.2. The van der Waals surface area contributed by atoms with Crippen LogP contribution in [-0.2, 0) is 19.4 Å². The van der Waals surface area contributed by atoms with E-state index in [2.05, 4.69) is 4.79 Å². The SMILES string of the molecule is C.CCCCOC(=O)C(=[N+]=[N-])S(=O)(=O)c1ccc(C)cc1. The summed E-state index contributed by atoms with van der Waals surface area (Å²) in [6, 6.07) is 5.86. The van der Waals surface area contributed by atoms with E-state index in [1.165, 1.54) is 12.1 Å². The summed E-state index contributed by atoms with van der Waals surface area (Å²) >= 11 is 0. The number of aryl methyl sites for hydroxylation is 1. The van der Waals surface area contributed by atoms with Gasteiger partial charge in [0.05, 0.1) is 11.5 Å². The minimum absolute atomic E-state index is 0. The third-order valence-corrected chi connectivity index (χ3v) is 4.23. The molecule has 0 aromatic heterocycles. The van der Waals surface area contributed by atoms with Crippen molar-refractivity contribution < 1.29 is 22.7 Å². The number of benzene rings is 1. The minimum Gasteiger partial charge on any atom is -0.456 e. The largest absolute Gasteiger partial charge is 0.493 e. The Balaban J connectivity index is 0.00000400. The van der Waals surface area contributed by atoms with E-state index in [1.54, 1.807) is 19.1 Å². The highest BCUT2D eigenvalue weighted by atomic mass is 32.2. The molecular weight excluding hydrogens is 292 g/mol. The molecule has 0 aliphatic carbocycles. The summed E-state index contributed by atoms with van der Waals surface area (Å²) in [4.78, 5) is 14.1.